The quantitative estimate of drug-likeness (QED) is 0.371. The van der Waals surface area contributed by atoms with Gasteiger partial charge in [-0.3, -0.25) is 19.2 Å². The predicted molar refractivity (Wildman–Crippen MR) is 143 cm³/mol. The third kappa shape index (κ3) is 7.17. The topological polar surface area (TPSA) is 87.7 Å². The third-order valence-corrected chi connectivity index (χ3v) is 6.76. The fourth-order valence-electron chi connectivity index (χ4n) is 4.78. The SMILES string of the molecule is CCCC[C@@H](CC(=O)NOCc1ccccc1)NC(=O)[C@@H]1CCCN1C(=O)c1ccc2ccccc2c1. The highest BCUT2D eigenvalue weighted by Crippen LogP contribution is 2.23. The lowest BCUT2D eigenvalue weighted by atomic mass is 10.0. The number of benzene rings is 3. The summed E-state index contributed by atoms with van der Waals surface area (Å²) in [6.07, 6.45) is 4.01. The molecule has 2 N–H and O–H groups in total. The number of hydroxylamine groups is 1. The van der Waals surface area contributed by atoms with Gasteiger partial charge in [0.05, 0.1) is 6.61 Å². The molecular weight excluding hydrogens is 466 g/mol. The van der Waals surface area contributed by atoms with Crippen LogP contribution in [0.3, 0.4) is 0 Å². The number of fused-ring (bicyclic) bond motifs is 1. The number of hydrogen-bond acceptors (Lipinski definition) is 4. The van der Waals surface area contributed by atoms with Gasteiger partial charge < -0.3 is 10.2 Å². The van der Waals surface area contributed by atoms with E-state index in [0.717, 1.165) is 35.6 Å². The number of amides is 3. The normalized spacial score (nSPS) is 15.9. The maximum atomic E-state index is 13.3. The van der Waals surface area contributed by atoms with E-state index in [1.807, 2.05) is 72.8 Å². The van der Waals surface area contributed by atoms with Crippen molar-refractivity contribution in [3.8, 4) is 0 Å². The molecule has 1 saturated heterocycles. The first-order chi connectivity index (χ1) is 18.0. The molecule has 37 heavy (non-hydrogen) atoms. The minimum absolute atomic E-state index is 0.117. The van der Waals surface area contributed by atoms with Gasteiger partial charge in [0, 0.05) is 24.6 Å². The molecule has 7 nitrogen and oxygen atoms in total. The predicted octanol–water partition coefficient (Wildman–Crippen LogP) is 4.76. The van der Waals surface area contributed by atoms with Gasteiger partial charge in [-0.25, -0.2) is 5.48 Å². The van der Waals surface area contributed by atoms with Gasteiger partial charge in [0.15, 0.2) is 0 Å². The summed E-state index contributed by atoms with van der Waals surface area (Å²) in [4.78, 5) is 46.2. The van der Waals surface area contributed by atoms with Crippen molar-refractivity contribution in [3.63, 3.8) is 0 Å². The van der Waals surface area contributed by atoms with Crippen LogP contribution in [0.25, 0.3) is 10.8 Å². The average molecular weight is 502 g/mol. The Kier molecular flexibility index (Phi) is 9.27. The zero-order valence-electron chi connectivity index (χ0n) is 21.3. The molecule has 4 rings (SSSR count). The second-order valence-corrected chi connectivity index (χ2v) is 9.57. The molecule has 3 aromatic carbocycles. The fraction of sp³-hybridized carbons (Fsp3) is 0.367. The molecule has 1 heterocycles. The summed E-state index contributed by atoms with van der Waals surface area (Å²) in [6, 6.07) is 22.3. The molecule has 0 radical (unpaired) electrons. The van der Waals surface area contributed by atoms with Gasteiger partial charge in [-0.1, -0.05) is 80.4 Å². The van der Waals surface area contributed by atoms with Crippen LogP contribution in [0.5, 0.6) is 0 Å². The van der Waals surface area contributed by atoms with Crippen molar-refractivity contribution in [2.24, 2.45) is 0 Å². The highest BCUT2D eigenvalue weighted by molar-refractivity contribution is 6.01. The Morgan fingerprint density at radius 1 is 1.00 bits per heavy atom. The van der Waals surface area contributed by atoms with E-state index in [1.165, 1.54) is 0 Å². The Morgan fingerprint density at radius 3 is 2.54 bits per heavy atom. The first-order valence-electron chi connectivity index (χ1n) is 13.1. The van der Waals surface area contributed by atoms with Gasteiger partial charge in [-0.05, 0) is 47.7 Å². The molecule has 0 unspecified atom stereocenters. The van der Waals surface area contributed by atoms with Crippen LogP contribution in [-0.2, 0) is 21.0 Å². The van der Waals surface area contributed by atoms with Gasteiger partial charge in [0.25, 0.3) is 5.91 Å². The van der Waals surface area contributed by atoms with Crippen molar-refractivity contribution < 1.29 is 19.2 Å². The summed E-state index contributed by atoms with van der Waals surface area (Å²) in [7, 11) is 0. The molecule has 194 valence electrons. The van der Waals surface area contributed by atoms with Gasteiger partial charge in [0.2, 0.25) is 11.8 Å². The summed E-state index contributed by atoms with van der Waals surface area (Å²) in [6.45, 7) is 2.88. The van der Waals surface area contributed by atoms with Crippen LogP contribution in [0, 0.1) is 0 Å². The molecule has 7 heteroatoms. The third-order valence-electron chi connectivity index (χ3n) is 6.76. The van der Waals surface area contributed by atoms with Crippen LogP contribution in [0.4, 0.5) is 0 Å². The second-order valence-electron chi connectivity index (χ2n) is 9.57. The van der Waals surface area contributed by atoms with Gasteiger partial charge in [-0.15, -0.1) is 0 Å². The summed E-state index contributed by atoms with van der Waals surface area (Å²) in [5.41, 5.74) is 4.02. The number of rotatable bonds is 11. The molecule has 1 aliphatic heterocycles. The first kappa shape index (κ1) is 26.4. The smallest absolute Gasteiger partial charge is 0.254 e. The van der Waals surface area contributed by atoms with Crippen molar-refractivity contribution >= 4 is 28.5 Å². The van der Waals surface area contributed by atoms with Crippen molar-refractivity contribution in [2.45, 2.75) is 64.1 Å². The summed E-state index contributed by atoms with van der Waals surface area (Å²) in [5, 5.41) is 5.11. The molecule has 0 saturated carbocycles. The summed E-state index contributed by atoms with van der Waals surface area (Å²) in [5.74, 6) is -0.626. The standard InChI is InChI=1S/C30H35N3O4/c1-2-3-14-26(20-28(34)32-37-21-22-10-5-4-6-11-22)31-29(35)27-15-9-18-33(27)30(36)25-17-16-23-12-7-8-13-24(23)19-25/h4-8,10-13,16-17,19,26-27H,2-3,9,14-15,18,20-21H2,1H3,(H,31,35)(H,32,34)/t26-,27-/m0/s1. The Balaban J connectivity index is 1.35. The molecule has 0 spiro atoms. The van der Waals surface area contributed by atoms with Gasteiger partial charge >= 0.3 is 0 Å². The summed E-state index contributed by atoms with van der Waals surface area (Å²) >= 11 is 0. The number of nitrogens with one attached hydrogen (secondary N) is 2. The van der Waals surface area contributed by atoms with E-state index in [1.54, 1.807) is 4.90 Å². The molecule has 0 bridgehead atoms. The number of likely N-dealkylation sites (tertiary alicyclic amines) is 1. The van der Waals surface area contributed by atoms with E-state index in [2.05, 4.69) is 17.7 Å². The van der Waals surface area contributed by atoms with Crippen LogP contribution < -0.4 is 10.8 Å². The first-order valence-corrected chi connectivity index (χ1v) is 13.1. The molecule has 1 fully saturated rings. The highest BCUT2D eigenvalue weighted by Gasteiger charge is 2.35. The fourth-order valence-corrected chi connectivity index (χ4v) is 4.78. The zero-order valence-corrected chi connectivity index (χ0v) is 21.3. The van der Waals surface area contributed by atoms with E-state index < -0.39 is 6.04 Å². The van der Waals surface area contributed by atoms with E-state index in [0.29, 0.717) is 24.9 Å². The largest absolute Gasteiger partial charge is 0.351 e. The number of hydrogen-bond donors (Lipinski definition) is 2. The van der Waals surface area contributed by atoms with Crippen molar-refractivity contribution in [1.82, 2.24) is 15.7 Å². The molecule has 0 aliphatic carbocycles. The Labute approximate surface area is 218 Å². The van der Waals surface area contributed by atoms with Crippen LogP contribution in [0.2, 0.25) is 0 Å². The summed E-state index contributed by atoms with van der Waals surface area (Å²) < 4.78 is 0. The lowest BCUT2D eigenvalue weighted by molar-refractivity contribution is -0.135. The van der Waals surface area contributed by atoms with E-state index >= 15 is 0 Å². The lowest BCUT2D eigenvalue weighted by Crippen LogP contribution is -2.49. The Morgan fingerprint density at radius 2 is 1.76 bits per heavy atom. The molecule has 0 aromatic heterocycles. The monoisotopic (exact) mass is 501 g/mol. The maximum Gasteiger partial charge on any atom is 0.254 e. The van der Waals surface area contributed by atoms with Crippen LogP contribution >= 0.6 is 0 Å². The van der Waals surface area contributed by atoms with Gasteiger partial charge in [0.1, 0.15) is 6.04 Å². The van der Waals surface area contributed by atoms with Crippen LogP contribution in [0.1, 0.15) is 61.4 Å². The lowest BCUT2D eigenvalue weighted by Gasteiger charge is -2.27. The highest BCUT2D eigenvalue weighted by atomic mass is 16.6. The number of carbonyl (C=O) groups excluding carboxylic acids is 3. The Hall–Kier alpha value is -3.71. The number of carbonyl (C=O) groups is 3. The van der Waals surface area contributed by atoms with E-state index in [-0.39, 0.29) is 36.8 Å². The van der Waals surface area contributed by atoms with Crippen LogP contribution in [-0.4, -0.2) is 41.2 Å². The zero-order chi connectivity index (χ0) is 26.0. The second kappa shape index (κ2) is 13.0. The van der Waals surface area contributed by atoms with E-state index in [4.69, 9.17) is 4.84 Å². The minimum atomic E-state index is -0.541. The average Bonchev–Trinajstić information content (AvgIpc) is 3.42. The van der Waals surface area contributed by atoms with Crippen molar-refractivity contribution in [1.29, 1.82) is 0 Å². The van der Waals surface area contributed by atoms with Crippen molar-refractivity contribution in [2.75, 3.05) is 6.54 Å². The minimum Gasteiger partial charge on any atom is -0.351 e. The van der Waals surface area contributed by atoms with Crippen LogP contribution in [0.15, 0.2) is 72.8 Å². The van der Waals surface area contributed by atoms with Gasteiger partial charge in [-0.2, -0.15) is 0 Å². The number of unbranched alkanes of at least 4 members (excludes halogenated alkanes) is 1. The van der Waals surface area contributed by atoms with Crippen molar-refractivity contribution in [3.05, 3.63) is 83.9 Å². The Bertz CT molecular complexity index is 1210. The van der Waals surface area contributed by atoms with E-state index in [9.17, 15) is 14.4 Å². The molecule has 3 amide bonds. The molecule has 1 aliphatic rings. The maximum absolute atomic E-state index is 13.3. The molecule has 3 aromatic rings. The molecular formula is C30H35N3O4. The molecule has 2 atom stereocenters. The number of nitrogens with zero attached hydrogens (tertiary/aromatic N) is 1.